The van der Waals surface area contributed by atoms with Crippen molar-refractivity contribution in [2.75, 3.05) is 11.9 Å². The number of anilines is 1. The van der Waals surface area contributed by atoms with Gasteiger partial charge in [-0.1, -0.05) is 60.5 Å². The van der Waals surface area contributed by atoms with Crippen LogP contribution in [0.3, 0.4) is 0 Å². The molecule has 4 rings (SSSR count). The van der Waals surface area contributed by atoms with Crippen LogP contribution in [0.25, 0.3) is 21.3 Å². The van der Waals surface area contributed by atoms with Gasteiger partial charge in [0.25, 0.3) is 0 Å². The van der Waals surface area contributed by atoms with Crippen LogP contribution in [-0.2, 0) is 12.8 Å². The number of aryl methyl sites for hydroxylation is 3. The molecule has 0 unspecified atom stereocenters. The van der Waals surface area contributed by atoms with Crippen LogP contribution in [0.5, 0.6) is 0 Å². The van der Waals surface area contributed by atoms with Crippen molar-refractivity contribution in [3.8, 4) is 11.1 Å². The number of benzene rings is 2. The van der Waals surface area contributed by atoms with E-state index in [1.807, 2.05) is 18.2 Å². The predicted octanol–water partition coefficient (Wildman–Crippen LogP) is 7.58. The standard InChI is InChI=1S/C24H23Cl2N3S/c1-3-21-28-23(18-14-15(2)30-24(18)29-21)27-13-5-6-16-9-11-17(12-10-16)22-19(25)7-4-8-20(22)26/h4,7-12,14H,3,5-6,13H2,1-2H3,(H,27,28,29). The first-order valence-corrected chi connectivity index (χ1v) is 11.7. The summed E-state index contributed by atoms with van der Waals surface area (Å²) in [7, 11) is 0. The molecular weight excluding hydrogens is 433 g/mol. The van der Waals surface area contributed by atoms with E-state index in [0.717, 1.165) is 58.8 Å². The number of halogens is 2. The highest BCUT2D eigenvalue weighted by Crippen LogP contribution is 2.34. The molecule has 1 N–H and O–H groups in total. The first-order chi connectivity index (χ1) is 14.5. The molecule has 30 heavy (non-hydrogen) atoms. The first kappa shape index (κ1) is 21.1. The van der Waals surface area contributed by atoms with Gasteiger partial charge >= 0.3 is 0 Å². The van der Waals surface area contributed by atoms with Crippen molar-refractivity contribution in [3.05, 3.63) is 74.8 Å². The molecule has 154 valence electrons. The molecule has 6 heteroatoms. The van der Waals surface area contributed by atoms with Gasteiger partial charge in [0, 0.05) is 33.5 Å². The molecule has 2 heterocycles. The van der Waals surface area contributed by atoms with E-state index in [9.17, 15) is 0 Å². The maximum absolute atomic E-state index is 6.33. The number of hydrogen-bond donors (Lipinski definition) is 1. The zero-order chi connectivity index (χ0) is 21.1. The normalized spacial score (nSPS) is 11.2. The van der Waals surface area contributed by atoms with Gasteiger partial charge in [-0.2, -0.15) is 0 Å². The topological polar surface area (TPSA) is 37.8 Å². The number of aromatic nitrogens is 2. The second-order valence-electron chi connectivity index (χ2n) is 7.24. The fraction of sp³-hybridized carbons (Fsp3) is 0.250. The fourth-order valence-electron chi connectivity index (χ4n) is 3.49. The number of nitrogens with one attached hydrogen (secondary N) is 1. The average molecular weight is 456 g/mol. The van der Waals surface area contributed by atoms with Crippen molar-refractivity contribution >= 4 is 50.6 Å². The van der Waals surface area contributed by atoms with Gasteiger partial charge in [-0.05, 0) is 49.1 Å². The van der Waals surface area contributed by atoms with Gasteiger partial charge in [0.1, 0.15) is 16.5 Å². The molecule has 2 aromatic heterocycles. The van der Waals surface area contributed by atoms with Crippen molar-refractivity contribution in [1.29, 1.82) is 0 Å². The van der Waals surface area contributed by atoms with E-state index in [1.54, 1.807) is 11.3 Å². The minimum atomic E-state index is 0.672. The van der Waals surface area contributed by atoms with Gasteiger partial charge in [-0.25, -0.2) is 9.97 Å². The van der Waals surface area contributed by atoms with Crippen LogP contribution in [-0.4, -0.2) is 16.5 Å². The van der Waals surface area contributed by atoms with Crippen LogP contribution in [0.15, 0.2) is 48.5 Å². The summed E-state index contributed by atoms with van der Waals surface area (Å²) in [5.41, 5.74) is 3.22. The number of fused-ring (bicyclic) bond motifs is 1. The second kappa shape index (κ2) is 9.34. The molecule has 0 bridgehead atoms. The Balaban J connectivity index is 1.39. The summed E-state index contributed by atoms with van der Waals surface area (Å²) in [5.74, 6) is 1.84. The van der Waals surface area contributed by atoms with E-state index in [-0.39, 0.29) is 0 Å². The summed E-state index contributed by atoms with van der Waals surface area (Å²) >= 11 is 14.4. The Morgan fingerprint density at radius 3 is 2.43 bits per heavy atom. The van der Waals surface area contributed by atoms with E-state index in [4.69, 9.17) is 28.2 Å². The molecule has 3 nitrogen and oxygen atoms in total. The van der Waals surface area contributed by atoms with Crippen LogP contribution < -0.4 is 5.32 Å². The van der Waals surface area contributed by atoms with E-state index >= 15 is 0 Å². The summed E-state index contributed by atoms with van der Waals surface area (Å²) in [6, 6.07) is 16.2. The predicted molar refractivity (Wildman–Crippen MR) is 130 cm³/mol. The Hall–Kier alpha value is -2.14. The van der Waals surface area contributed by atoms with Crippen LogP contribution >= 0.6 is 34.5 Å². The van der Waals surface area contributed by atoms with E-state index in [2.05, 4.69) is 54.5 Å². The second-order valence-corrected chi connectivity index (χ2v) is 9.29. The van der Waals surface area contributed by atoms with Gasteiger partial charge in [-0.3, -0.25) is 0 Å². The van der Waals surface area contributed by atoms with Crippen molar-refractivity contribution in [1.82, 2.24) is 9.97 Å². The van der Waals surface area contributed by atoms with Crippen molar-refractivity contribution in [2.45, 2.75) is 33.1 Å². The highest BCUT2D eigenvalue weighted by molar-refractivity contribution is 7.18. The summed E-state index contributed by atoms with van der Waals surface area (Å²) in [4.78, 5) is 11.7. The number of rotatable bonds is 7. The molecule has 0 aliphatic rings. The maximum Gasteiger partial charge on any atom is 0.138 e. The van der Waals surface area contributed by atoms with Crippen molar-refractivity contribution < 1.29 is 0 Å². The summed E-state index contributed by atoms with van der Waals surface area (Å²) in [6.07, 6.45) is 2.84. The average Bonchev–Trinajstić information content (AvgIpc) is 3.12. The van der Waals surface area contributed by atoms with E-state index in [0.29, 0.717) is 10.0 Å². The Kier molecular flexibility index (Phi) is 6.57. The third-order valence-electron chi connectivity index (χ3n) is 5.02. The smallest absolute Gasteiger partial charge is 0.138 e. The van der Waals surface area contributed by atoms with Gasteiger partial charge < -0.3 is 5.32 Å². The van der Waals surface area contributed by atoms with Crippen LogP contribution in [0.4, 0.5) is 5.82 Å². The zero-order valence-electron chi connectivity index (χ0n) is 17.0. The molecule has 0 aliphatic heterocycles. The van der Waals surface area contributed by atoms with Crippen molar-refractivity contribution in [3.63, 3.8) is 0 Å². The third-order valence-corrected chi connectivity index (χ3v) is 6.59. The monoisotopic (exact) mass is 455 g/mol. The maximum atomic E-state index is 6.33. The molecule has 0 aliphatic carbocycles. The first-order valence-electron chi connectivity index (χ1n) is 10.1. The van der Waals surface area contributed by atoms with E-state index in [1.165, 1.54) is 10.4 Å². The minimum absolute atomic E-state index is 0.672. The molecule has 0 saturated carbocycles. The van der Waals surface area contributed by atoms with Crippen molar-refractivity contribution in [2.24, 2.45) is 0 Å². The van der Waals surface area contributed by atoms with Gasteiger partial charge in [0.2, 0.25) is 0 Å². The molecule has 0 radical (unpaired) electrons. The quantitative estimate of drug-likeness (QED) is 0.291. The van der Waals surface area contributed by atoms with Gasteiger partial charge in [0.15, 0.2) is 0 Å². The summed E-state index contributed by atoms with van der Waals surface area (Å²) in [6.45, 7) is 5.06. The Bertz CT molecular complexity index is 1150. The lowest BCUT2D eigenvalue weighted by Gasteiger charge is -2.10. The molecule has 0 saturated heterocycles. The Labute approximate surface area is 191 Å². The molecular formula is C24H23Cl2N3S. The van der Waals surface area contributed by atoms with E-state index < -0.39 is 0 Å². The number of hydrogen-bond acceptors (Lipinski definition) is 4. The zero-order valence-corrected chi connectivity index (χ0v) is 19.3. The van der Waals surface area contributed by atoms with Crippen LogP contribution in [0.2, 0.25) is 10.0 Å². The largest absolute Gasteiger partial charge is 0.369 e. The molecule has 0 spiro atoms. The molecule has 2 aromatic carbocycles. The molecule has 0 amide bonds. The van der Waals surface area contributed by atoms with Crippen LogP contribution in [0, 0.1) is 6.92 Å². The third kappa shape index (κ3) is 4.61. The Morgan fingerprint density at radius 1 is 1.00 bits per heavy atom. The number of thiophene rings is 1. The minimum Gasteiger partial charge on any atom is -0.369 e. The van der Waals surface area contributed by atoms with Crippen LogP contribution in [0.1, 0.15) is 29.6 Å². The summed E-state index contributed by atoms with van der Waals surface area (Å²) < 4.78 is 0. The lowest BCUT2D eigenvalue weighted by atomic mass is 10.0. The highest BCUT2D eigenvalue weighted by Gasteiger charge is 2.10. The van der Waals surface area contributed by atoms with Gasteiger partial charge in [-0.15, -0.1) is 11.3 Å². The molecule has 4 aromatic rings. The Morgan fingerprint density at radius 2 is 1.73 bits per heavy atom. The van der Waals surface area contributed by atoms with Gasteiger partial charge in [0.05, 0.1) is 5.39 Å². The fourth-order valence-corrected chi connectivity index (χ4v) is 5.00. The lowest BCUT2D eigenvalue weighted by Crippen LogP contribution is -2.07. The molecule has 0 atom stereocenters. The lowest BCUT2D eigenvalue weighted by molar-refractivity contribution is 0.855. The SMILES string of the molecule is CCc1nc(NCCCc2ccc(-c3c(Cl)cccc3Cl)cc2)c2cc(C)sc2n1. The summed E-state index contributed by atoms with van der Waals surface area (Å²) in [5, 5.41) is 5.98. The molecule has 0 fully saturated rings. The highest BCUT2D eigenvalue weighted by atomic mass is 35.5. The number of nitrogens with zero attached hydrogens (tertiary/aromatic N) is 2.